The van der Waals surface area contributed by atoms with Gasteiger partial charge >= 0.3 is 0 Å². The van der Waals surface area contributed by atoms with E-state index in [4.69, 9.17) is 4.74 Å². The Kier molecular flexibility index (Phi) is 4.31. The van der Waals surface area contributed by atoms with Crippen LogP contribution >= 0.6 is 0 Å². The maximum atomic E-state index is 12.5. The Bertz CT molecular complexity index is 414. The van der Waals surface area contributed by atoms with E-state index in [1.807, 2.05) is 30.9 Å². The largest absolute Gasteiger partial charge is 0.381 e. The summed E-state index contributed by atoms with van der Waals surface area (Å²) in [6.07, 6.45) is 3.52. The van der Waals surface area contributed by atoms with E-state index in [9.17, 15) is 4.79 Å². The van der Waals surface area contributed by atoms with Gasteiger partial charge in [-0.05, 0) is 38.3 Å². The summed E-state index contributed by atoms with van der Waals surface area (Å²) in [4.78, 5) is 18.7. The van der Waals surface area contributed by atoms with Gasteiger partial charge < -0.3 is 9.64 Å². The SMILES string of the molecule is CCN(C(=O)c1ncccc1C)C1CCOCC1. The maximum absolute atomic E-state index is 12.5. The van der Waals surface area contributed by atoms with Gasteiger partial charge in [-0.1, -0.05) is 6.07 Å². The molecule has 1 aromatic heterocycles. The molecule has 1 aliphatic rings. The molecule has 2 rings (SSSR count). The molecule has 0 atom stereocenters. The first-order valence-corrected chi connectivity index (χ1v) is 6.54. The van der Waals surface area contributed by atoms with E-state index < -0.39 is 0 Å². The van der Waals surface area contributed by atoms with E-state index in [0.717, 1.165) is 38.2 Å². The number of hydrogen-bond acceptors (Lipinski definition) is 3. The number of rotatable bonds is 3. The lowest BCUT2D eigenvalue weighted by Gasteiger charge is -2.33. The normalized spacial score (nSPS) is 16.6. The van der Waals surface area contributed by atoms with E-state index in [2.05, 4.69) is 4.98 Å². The Labute approximate surface area is 108 Å². The van der Waals surface area contributed by atoms with Crippen LogP contribution in [0.25, 0.3) is 0 Å². The molecule has 0 saturated carbocycles. The minimum atomic E-state index is 0.0440. The first-order valence-electron chi connectivity index (χ1n) is 6.54. The van der Waals surface area contributed by atoms with Gasteiger partial charge in [0.2, 0.25) is 0 Å². The zero-order valence-electron chi connectivity index (χ0n) is 11.1. The highest BCUT2D eigenvalue weighted by Crippen LogP contribution is 2.17. The quantitative estimate of drug-likeness (QED) is 0.822. The average Bonchev–Trinajstić information content (AvgIpc) is 2.41. The summed E-state index contributed by atoms with van der Waals surface area (Å²) < 4.78 is 5.35. The highest BCUT2D eigenvalue weighted by atomic mass is 16.5. The van der Waals surface area contributed by atoms with Gasteiger partial charge in [0, 0.05) is 32.0 Å². The highest BCUT2D eigenvalue weighted by Gasteiger charge is 2.26. The van der Waals surface area contributed by atoms with Crippen LogP contribution in [0.3, 0.4) is 0 Å². The zero-order chi connectivity index (χ0) is 13.0. The molecule has 98 valence electrons. The number of pyridine rings is 1. The van der Waals surface area contributed by atoms with Crippen molar-refractivity contribution in [1.82, 2.24) is 9.88 Å². The number of carbonyl (C=O) groups excluding carboxylic acids is 1. The number of carbonyl (C=O) groups is 1. The molecule has 0 spiro atoms. The lowest BCUT2D eigenvalue weighted by Crippen LogP contribution is -2.43. The average molecular weight is 248 g/mol. The molecule has 0 unspecified atom stereocenters. The number of aromatic nitrogens is 1. The van der Waals surface area contributed by atoms with Crippen molar-refractivity contribution >= 4 is 5.91 Å². The van der Waals surface area contributed by atoms with E-state index >= 15 is 0 Å². The summed E-state index contributed by atoms with van der Waals surface area (Å²) in [5, 5.41) is 0. The molecule has 2 heterocycles. The first kappa shape index (κ1) is 13.0. The first-order chi connectivity index (χ1) is 8.74. The van der Waals surface area contributed by atoms with Gasteiger partial charge in [-0.25, -0.2) is 0 Å². The Morgan fingerprint density at radius 2 is 2.22 bits per heavy atom. The lowest BCUT2D eigenvalue weighted by molar-refractivity contribution is 0.0301. The van der Waals surface area contributed by atoms with Gasteiger partial charge in [-0.3, -0.25) is 9.78 Å². The monoisotopic (exact) mass is 248 g/mol. The molecule has 0 bridgehead atoms. The molecule has 0 N–H and O–H groups in total. The fourth-order valence-electron chi connectivity index (χ4n) is 2.41. The van der Waals surface area contributed by atoms with Crippen LogP contribution in [0.1, 0.15) is 35.8 Å². The van der Waals surface area contributed by atoms with E-state index in [0.29, 0.717) is 5.69 Å². The minimum Gasteiger partial charge on any atom is -0.381 e. The van der Waals surface area contributed by atoms with Crippen molar-refractivity contribution in [2.45, 2.75) is 32.7 Å². The van der Waals surface area contributed by atoms with E-state index in [1.54, 1.807) is 6.20 Å². The molecule has 1 aliphatic heterocycles. The second kappa shape index (κ2) is 5.96. The molecule has 0 aromatic carbocycles. The van der Waals surface area contributed by atoms with Crippen LogP contribution < -0.4 is 0 Å². The molecule has 1 amide bonds. The van der Waals surface area contributed by atoms with Gasteiger partial charge in [0.15, 0.2) is 0 Å². The summed E-state index contributed by atoms with van der Waals surface area (Å²) >= 11 is 0. The van der Waals surface area contributed by atoms with Crippen molar-refractivity contribution in [3.63, 3.8) is 0 Å². The van der Waals surface area contributed by atoms with E-state index in [1.165, 1.54) is 0 Å². The molecule has 0 radical (unpaired) electrons. The molecule has 4 nitrogen and oxygen atoms in total. The second-order valence-electron chi connectivity index (χ2n) is 4.60. The molecule has 1 saturated heterocycles. The number of ether oxygens (including phenoxy) is 1. The molecular weight excluding hydrogens is 228 g/mol. The fourth-order valence-corrected chi connectivity index (χ4v) is 2.41. The Hall–Kier alpha value is -1.42. The number of aryl methyl sites for hydroxylation is 1. The summed E-state index contributed by atoms with van der Waals surface area (Å²) in [5.74, 6) is 0.0440. The van der Waals surface area contributed by atoms with Crippen LogP contribution in [0.5, 0.6) is 0 Å². The topological polar surface area (TPSA) is 42.4 Å². The Morgan fingerprint density at radius 3 is 2.83 bits per heavy atom. The van der Waals surface area contributed by atoms with Gasteiger partial charge in [0.1, 0.15) is 5.69 Å². The van der Waals surface area contributed by atoms with Crippen molar-refractivity contribution in [1.29, 1.82) is 0 Å². The van der Waals surface area contributed by atoms with Crippen molar-refractivity contribution in [3.05, 3.63) is 29.6 Å². The van der Waals surface area contributed by atoms with Crippen LogP contribution in [-0.2, 0) is 4.74 Å². The molecular formula is C14H20N2O2. The third kappa shape index (κ3) is 2.70. The minimum absolute atomic E-state index is 0.0440. The van der Waals surface area contributed by atoms with Gasteiger partial charge in [-0.2, -0.15) is 0 Å². The lowest BCUT2D eigenvalue weighted by atomic mass is 10.1. The maximum Gasteiger partial charge on any atom is 0.272 e. The van der Waals surface area contributed by atoms with Crippen molar-refractivity contribution < 1.29 is 9.53 Å². The third-order valence-corrected chi connectivity index (χ3v) is 3.45. The van der Waals surface area contributed by atoms with Crippen molar-refractivity contribution in [2.24, 2.45) is 0 Å². The van der Waals surface area contributed by atoms with Crippen LogP contribution in [0.15, 0.2) is 18.3 Å². The van der Waals surface area contributed by atoms with Gasteiger partial charge in [0.05, 0.1) is 0 Å². The van der Waals surface area contributed by atoms with Crippen LogP contribution in [-0.4, -0.2) is 41.6 Å². The van der Waals surface area contributed by atoms with Gasteiger partial charge in [-0.15, -0.1) is 0 Å². The van der Waals surface area contributed by atoms with Crippen LogP contribution in [0, 0.1) is 6.92 Å². The predicted octanol–water partition coefficient (Wildman–Crippen LogP) is 2.03. The predicted molar refractivity (Wildman–Crippen MR) is 69.5 cm³/mol. The van der Waals surface area contributed by atoms with Crippen molar-refractivity contribution in [3.8, 4) is 0 Å². The molecule has 1 aromatic rings. The van der Waals surface area contributed by atoms with Crippen LogP contribution in [0.4, 0.5) is 0 Å². The summed E-state index contributed by atoms with van der Waals surface area (Å²) in [5.41, 5.74) is 1.51. The number of amides is 1. The second-order valence-corrected chi connectivity index (χ2v) is 4.60. The highest BCUT2D eigenvalue weighted by molar-refractivity contribution is 5.93. The fraction of sp³-hybridized carbons (Fsp3) is 0.571. The Balaban J connectivity index is 2.17. The number of hydrogen-bond donors (Lipinski definition) is 0. The molecule has 0 aliphatic carbocycles. The van der Waals surface area contributed by atoms with Crippen molar-refractivity contribution in [2.75, 3.05) is 19.8 Å². The molecule has 1 fully saturated rings. The van der Waals surface area contributed by atoms with Gasteiger partial charge in [0.25, 0.3) is 5.91 Å². The summed E-state index contributed by atoms with van der Waals surface area (Å²) in [7, 11) is 0. The van der Waals surface area contributed by atoms with E-state index in [-0.39, 0.29) is 11.9 Å². The zero-order valence-corrected chi connectivity index (χ0v) is 11.1. The molecule has 4 heteroatoms. The standard InChI is InChI=1S/C14H20N2O2/c1-3-16(12-6-9-18-10-7-12)14(17)13-11(2)5-4-8-15-13/h4-5,8,12H,3,6-7,9-10H2,1-2H3. The smallest absolute Gasteiger partial charge is 0.272 e. The Morgan fingerprint density at radius 1 is 1.50 bits per heavy atom. The number of nitrogens with zero attached hydrogens (tertiary/aromatic N) is 2. The summed E-state index contributed by atoms with van der Waals surface area (Å²) in [6, 6.07) is 4.08. The summed E-state index contributed by atoms with van der Waals surface area (Å²) in [6.45, 7) is 6.16. The van der Waals surface area contributed by atoms with Crippen LogP contribution in [0.2, 0.25) is 0 Å². The third-order valence-electron chi connectivity index (χ3n) is 3.45. The molecule has 18 heavy (non-hydrogen) atoms.